The van der Waals surface area contributed by atoms with Crippen molar-refractivity contribution in [2.75, 3.05) is 13.1 Å². The van der Waals surface area contributed by atoms with Crippen molar-refractivity contribution in [2.45, 2.75) is 38.6 Å². The minimum Gasteiger partial charge on any atom is -0.337 e. The largest absolute Gasteiger partial charge is 0.337 e. The molecule has 0 N–H and O–H groups in total. The third-order valence-corrected chi connectivity index (χ3v) is 5.00. The third kappa shape index (κ3) is 2.96. The van der Waals surface area contributed by atoms with Crippen LogP contribution in [0.15, 0.2) is 42.9 Å². The first-order valence-corrected chi connectivity index (χ1v) is 9.17. The topological polar surface area (TPSA) is 63.9 Å². The fourth-order valence-electron chi connectivity index (χ4n) is 3.84. The second-order valence-corrected chi connectivity index (χ2v) is 7.10. The van der Waals surface area contributed by atoms with Crippen LogP contribution in [0.1, 0.15) is 55.0 Å². The fraction of sp³-hybridized carbons (Fsp3) is 0.400. The van der Waals surface area contributed by atoms with Crippen LogP contribution in [0.25, 0.3) is 11.0 Å². The molecule has 3 aromatic rings. The Labute approximate surface area is 152 Å². The molecule has 3 heterocycles. The van der Waals surface area contributed by atoms with Gasteiger partial charge in [0, 0.05) is 37.4 Å². The van der Waals surface area contributed by atoms with E-state index in [0.717, 1.165) is 36.2 Å². The zero-order valence-electron chi connectivity index (χ0n) is 15.2. The molecule has 26 heavy (non-hydrogen) atoms. The molecule has 0 bridgehead atoms. The summed E-state index contributed by atoms with van der Waals surface area (Å²) in [7, 11) is 0. The molecule has 0 radical (unpaired) electrons. The van der Waals surface area contributed by atoms with E-state index in [1.54, 1.807) is 12.4 Å². The van der Waals surface area contributed by atoms with Gasteiger partial charge in [0.1, 0.15) is 11.5 Å². The Bertz CT molecular complexity index is 918. The smallest absolute Gasteiger partial charge is 0.274 e. The van der Waals surface area contributed by atoms with Crippen LogP contribution >= 0.6 is 0 Å². The predicted molar refractivity (Wildman–Crippen MR) is 100 cm³/mol. The summed E-state index contributed by atoms with van der Waals surface area (Å²) in [6.07, 6.45) is 6.70. The van der Waals surface area contributed by atoms with Crippen molar-refractivity contribution in [3.8, 4) is 0 Å². The maximum absolute atomic E-state index is 12.8. The summed E-state index contributed by atoms with van der Waals surface area (Å²) in [5.74, 6) is 1.27. The number of carbonyl (C=O) groups is 1. The summed E-state index contributed by atoms with van der Waals surface area (Å²) in [5, 5.41) is 0. The molecular formula is C20H23N5O. The lowest BCUT2D eigenvalue weighted by Crippen LogP contribution is -2.40. The summed E-state index contributed by atoms with van der Waals surface area (Å²) in [4.78, 5) is 27.8. The normalized spacial score (nSPS) is 17.8. The average Bonchev–Trinajstić information content (AvgIpc) is 3.08. The Balaban J connectivity index is 1.65. The van der Waals surface area contributed by atoms with E-state index < -0.39 is 0 Å². The van der Waals surface area contributed by atoms with Crippen LogP contribution in [0.3, 0.4) is 0 Å². The minimum atomic E-state index is -0.0463. The lowest BCUT2D eigenvalue weighted by atomic mass is 9.96. The van der Waals surface area contributed by atoms with Crippen molar-refractivity contribution in [3.63, 3.8) is 0 Å². The first-order chi connectivity index (χ1) is 12.6. The Morgan fingerprint density at radius 3 is 2.85 bits per heavy atom. The van der Waals surface area contributed by atoms with Crippen LogP contribution in [0.4, 0.5) is 0 Å². The van der Waals surface area contributed by atoms with E-state index in [2.05, 4.69) is 46.6 Å². The van der Waals surface area contributed by atoms with Gasteiger partial charge in [-0.2, -0.15) is 0 Å². The van der Waals surface area contributed by atoms with Gasteiger partial charge in [0.2, 0.25) is 0 Å². The highest BCUT2D eigenvalue weighted by Gasteiger charge is 2.30. The number of hydrogen-bond donors (Lipinski definition) is 0. The van der Waals surface area contributed by atoms with Gasteiger partial charge in [-0.3, -0.25) is 9.78 Å². The summed E-state index contributed by atoms with van der Waals surface area (Å²) >= 11 is 0. The van der Waals surface area contributed by atoms with Gasteiger partial charge in [0.25, 0.3) is 5.91 Å². The van der Waals surface area contributed by atoms with Gasteiger partial charge >= 0.3 is 0 Å². The minimum absolute atomic E-state index is 0.0463. The van der Waals surface area contributed by atoms with Crippen LogP contribution in [0, 0.1) is 0 Å². The highest BCUT2D eigenvalue weighted by molar-refractivity contribution is 5.92. The molecule has 6 nitrogen and oxygen atoms in total. The van der Waals surface area contributed by atoms with Crippen LogP contribution in [-0.2, 0) is 0 Å². The van der Waals surface area contributed by atoms with E-state index in [0.29, 0.717) is 18.3 Å². The Morgan fingerprint density at radius 2 is 2.08 bits per heavy atom. The van der Waals surface area contributed by atoms with Gasteiger partial charge in [-0.05, 0) is 38.8 Å². The lowest BCUT2D eigenvalue weighted by Gasteiger charge is -2.33. The SMILES string of the molecule is CC(C)n1c([C@H]2CCCN(C(=O)c3cnccn3)C2)nc2ccccc21. The molecule has 0 unspecified atom stereocenters. The standard InChI is InChI=1S/C20H23N5O/c1-14(2)25-18-8-4-3-7-16(18)23-19(25)15-6-5-11-24(13-15)20(26)17-12-21-9-10-22-17/h3-4,7-10,12,14-15H,5-6,11,13H2,1-2H3/t15-/m0/s1. The Morgan fingerprint density at radius 1 is 1.23 bits per heavy atom. The number of fused-ring (bicyclic) bond motifs is 1. The number of imidazole rings is 1. The molecule has 0 aliphatic carbocycles. The molecule has 1 aromatic carbocycles. The predicted octanol–water partition coefficient (Wildman–Crippen LogP) is 3.43. The maximum Gasteiger partial charge on any atom is 0.274 e. The molecule has 2 aromatic heterocycles. The molecule has 134 valence electrons. The number of amides is 1. The van der Waals surface area contributed by atoms with Crippen molar-refractivity contribution in [1.29, 1.82) is 0 Å². The molecule has 1 fully saturated rings. The Hall–Kier alpha value is -2.76. The number of rotatable bonds is 3. The Kier molecular flexibility index (Phi) is 4.41. The number of piperidine rings is 1. The molecule has 1 atom stereocenters. The first-order valence-electron chi connectivity index (χ1n) is 9.17. The van der Waals surface area contributed by atoms with Crippen LogP contribution in [-0.4, -0.2) is 43.4 Å². The van der Waals surface area contributed by atoms with Crippen molar-refractivity contribution >= 4 is 16.9 Å². The number of para-hydroxylation sites is 2. The summed E-state index contributed by atoms with van der Waals surface area (Å²) in [5.41, 5.74) is 2.59. The number of hydrogen-bond acceptors (Lipinski definition) is 4. The summed E-state index contributed by atoms with van der Waals surface area (Å²) in [6.45, 7) is 5.80. The van der Waals surface area contributed by atoms with Gasteiger partial charge in [-0.1, -0.05) is 12.1 Å². The molecule has 4 rings (SSSR count). The molecule has 1 saturated heterocycles. The molecule has 1 amide bonds. The van der Waals surface area contributed by atoms with E-state index in [1.807, 2.05) is 11.0 Å². The molecule has 0 spiro atoms. The summed E-state index contributed by atoms with van der Waals surface area (Å²) in [6, 6.07) is 8.58. The zero-order valence-corrected chi connectivity index (χ0v) is 15.2. The average molecular weight is 349 g/mol. The monoisotopic (exact) mass is 349 g/mol. The zero-order chi connectivity index (χ0) is 18.1. The molecule has 0 saturated carbocycles. The molecule has 1 aliphatic rings. The maximum atomic E-state index is 12.8. The van der Waals surface area contributed by atoms with E-state index in [1.165, 1.54) is 6.20 Å². The number of carbonyl (C=O) groups excluding carboxylic acids is 1. The van der Waals surface area contributed by atoms with Crippen molar-refractivity contribution in [3.05, 3.63) is 54.4 Å². The van der Waals surface area contributed by atoms with E-state index in [4.69, 9.17) is 4.98 Å². The van der Waals surface area contributed by atoms with E-state index in [-0.39, 0.29) is 11.8 Å². The van der Waals surface area contributed by atoms with Crippen LogP contribution in [0.5, 0.6) is 0 Å². The number of likely N-dealkylation sites (tertiary alicyclic amines) is 1. The molecular weight excluding hydrogens is 326 g/mol. The lowest BCUT2D eigenvalue weighted by molar-refractivity contribution is 0.0697. The van der Waals surface area contributed by atoms with Crippen LogP contribution < -0.4 is 0 Å². The van der Waals surface area contributed by atoms with Gasteiger partial charge < -0.3 is 9.47 Å². The second kappa shape index (κ2) is 6.86. The quantitative estimate of drug-likeness (QED) is 0.727. The van der Waals surface area contributed by atoms with Gasteiger partial charge in [-0.15, -0.1) is 0 Å². The highest BCUT2D eigenvalue weighted by Crippen LogP contribution is 2.31. The van der Waals surface area contributed by atoms with Crippen molar-refractivity contribution < 1.29 is 4.79 Å². The van der Waals surface area contributed by atoms with Gasteiger partial charge in [0.05, 0.1) is 17.2 Å². The second-order valence-electron chi connectivity index (χ2n) is 7.10. The van der Waals surface area contributed by atoms with Gasteiger partial charge in [0.15, 0.2) is 0 Å². The van der Waals surface area contributed by atoms with Crippen LogP contribution in [0.2, 0.25) is 0 Å². The number of benzene rings is 1. The third-order valence-electron chi connectivity index (χ3n) is 5.00. The summed E-state index contributed by atoms with van der Waals surface area (Å²) < 4.78 is 2.32. The van der Waals surface area contributed by atoms with E-state index in [9.17, 15) is 4.79 Å². The number of nitrogens with zero attached hydrogens (tertiary/aromatic N) is 5. The molecule has 1 aliphatic heterocycles. The first kappa shape index (κ1) is 16.7. The van der Waals surface area contributed by atoms with Crippen molar-refractivity contribution in [2.24, 2.45) is 0 Å². The number of aromatic nitrogens is 4. The van der Waals surface area contributed by atoms with E-state index >= 15 is 0 Å². The fourth-order valence-corrected chi connectivity index (χ4v) is 3.84. The highest BCUT2D eigenvalue weighted by atomic mass is 16.2. The van der Waals surface area contributed by atoms with Crippen molar-refractivity contribution in [1.82, 2.24) is 24.4 Å². The molecule has 6 heteroatoms. The van der Waals surface area contributed by atoms with Gasteiger partial charge in [-0.25, -0.2) is 9.97 Å².